The average Bonchev–Trinajstić information content (AvgIpc) is 2.81. The third-order valence-electron chi connectivity index (χ3n) is 2.33. The first kappa shape index (κ1) is 13.0. The molecule has 1 aliphatic heterocycles. The van der Waals surface area contributed by atoms with Crippen LogP contribution < -0.4 is 0 Å². The molecule has 1 aromatic heterocycles. The maximum atomic E-state index is 11.5. The largest absolute Gasteiger partial charge is 0.338 e. The number of hydrogen-bond acceptors (Lipinski definition) is 6. The van der Waals surface area contributed by atoms with E-state index >= 15 is 0 Å². The number of Topliss-reactive ketones (excluding diaryl/α,β-unsaturated/α-hetero) is 1. The van der Waals surface area contributed by atoms with E-state index in [1.807, 2.05) is 0 Å². The van der Waals surface area contributed by atoms with Gasteiger partial charge < -0.3 is 4.52 Å². The van der Waals surface area contributed by atoms with Crippen molar-refractivity contribution in [3.8, 4) is 0 Å². The van der Waals surface area contributed by atoms with Gasteiger partial charge in [0.15, 0.2) is 11.6 Å². The highest BCUT2D eigenvalue weighted by molar-refractivity contribution is 8.00. The highest BCUT2D eigenvalue weighted by Crippen LogP contribution is 2.30. The number of ketones is 1. The molecule has 0 aliphatic carbocycles. The molecule has 0 radical (unpaired) electrons. The molecule has 0 N–H and O–H groups in total. The molecule has 0 saturated carbocycles. The molecule has 2 rings (SSSR count). The standard InChI is InChI=1S/C11H16N2O2S2/c1-11(2,3)17-6-9-12-10(15-13-9)7-4-16-5-8(7)14/h7H,4-6H2,1-3H3. The molecule has 1 aromatic rings. The van der Waals surface area contributed by atoms with E-state index in [1.54, 1.807) is 23.5 Å². The van der Waals surface area contributed by atoms with Gasteiger partial charge in [0.25, 0.3) is 0 Å². The predicted octanol–water partition coefficient (Wildman–Crippen LogP) is 2.50. The van der Waals surface area contributed by atoms with Crippen LogP contribution >= 0.6 is 23.5 Å². The Morgan fingerprint density at radius 2 is 2.29 bits per heavy atom. The second-order valence-electron chi connectivity index (χ2n) is 4.98. The van der Waals surface area contributed by atoms with Crippen molar-refractivity contribution in [2.24, 2.45) is 0 Å². The predicted molar refractivity (Wildman–Crippen MR) is 70.4 cm³/mol. The van der Waals surface area contributed by atoms with E-state index in [9.17, 15) is 4.79 Å². The topological polar surface area (TPSA) is 56.0 Å². The van der Waals surface area contributed by atoms with E-state index in [0.717, 1.165) is 11.5 Å². The molecule has 1 fully saturated rings. The van der Waals surface area contributed by atoms with Crippen LogP contribution in [0.3, 0.4) is 0 Å². The van der Waals surface area contributed by atoms with Crippen molar-refractivity contribution in [2.45, 2.75) is 37.2 Å². The molecule has 1 saturated heterocycles. The summed E-state index contributed by atoms with van der Waals surface area (Å²) in [5.74, 6) is 3.26. The summed E-state index contributed by atoms with van der Waals surface area (Å²) in [6.07, 6.45) is 0. The molecule has 0 spiro atoms. The summed E-state index contributed by atoms with van der Waals surface area (Å²) in [5.41, 5.74) is 0. The van der Waals surface area contributed by atoms with E-state index in [2.05, 4.69) is 30.9 Å². The van der Waals surface area contributed by atoms with Crippen molar-refractivity contribution in [3.63, 3.8) is 0 Å². The smallest absolute Gasteiger partial charge is 0.238 e. The molecule has 0 aromatic carbocycles. The van der Waals surface area contributed by atoms with Crippen molar-refractivity contribution >= 4 is 29.3 Å². The highest BCUT2D eigenvalue weighted by Gasteiger charge is 2.31. The summed E-state index contributed by atoms with van der Waals surface area (Å²) in [7, 11) is 0. The third kappa shape index (κ3) is 3.48. The van der Waals surface area contributed by atoms with Crippen molar-refractivity contribution in [1.82, 2.24) is 10.1 Å². The molecule has 1 aliphatic rings. The van der Waals surface area contributed by atoms with Gasteiger partial charge in [-0.2, -0.15) is 16.7 Å². The average molecular weight is 272 g/mol. The van der Waals surface area contributed by atoms with Crippen LogP contribution in [0.1, 0.15) is 38.4 Å². The number of rotatable bonds is 3. The molecular weight excluding hydrogens is 256 g/mol. The van der Waals surface area contributed by atoms with Crippen molar-refractivity contribution in [2.75, 3.05) is 11.5 Å². The Morgan fingerprint density at radius 1 is 1.53 bits per heavy atom. The van der Waals surface area contributed by atoms with Crippen molar-refractivity contribution in [1.29, 1.82) is 0 Å². The van der Waals surface area contributed by atoms with Crippen LogP contribution in [-0.4, -0.2) is 32.2 Å². The number of carbonyl (C=O) groups is 1. The molecule has 1 unspecified atom stereocenters. The minimum absolute atomic E-state index is 0.180. The summed E-state index contributed by atoms with van der Waals surface area (Å²) >= 11 is 3.40. The number of nitrogens with zero attached hydrogens (tertiary/aromatic N) is 2. The summed E-state index contributed by atoms with van der Waals surface area (Å²) in [5, 5.41) is 3.93. The quantitative estimate of drug-likeness (QED) is 0.842. The lowest BCUT2D eigenvalue weighted by Gasteiger charge is -2.15. The molecule has 4 nitrogen and oxygen atoms in total. The number of aromatic nitrogens is 2. The van der Waals surface area contributed by atoms with E-state index < -0.39 is 0 Å². The number of carbonyl (C=O) groups excluding carboxylic acids is 1. The lowest BCUT2D eigenvalue weighted by atomic mass is 10.1. The van der Waals surface area contributed by atoms with E-state index in [1.165, 1.54) is 0 Å². The van der Waals surface area contributed by atoms with Gasteiger partial charge in [-0.1, -0.05) is 25.9 Å². The van der Waals surface area contributed by atoms with Gasteiger partial charge in [0.05, 0.1) is 11.5 Å². The summed E-state index contributed by atoms with van der Waals surface area (Å²) in [6.45, 7) is 6.45. The monoisotopic (exact) mass is 272 g/mol. The molecule has 94 valence electrons. The van der Waals surface area contributed by atoms with Gasteiger partial charge in [-0.3, -0.25) is 4.79 Å². The minimum Gasteiger partial charge on any atom is -0.338 e. The maximum Gasteiger partial charge on any atom is 0.238 e. The van der Waals surface area contributed by atoms with Crippen LogP contribution in [-0.2, 0) is 10.5 Å². The molecule has 0 bridgehead atoms. The van der Waals surface area contributed by atoms with Crippen molar-refractivity contribution in [3.05, 3.63) is 11.7 Å². The van der Waals surface area contributed by atoms with Crippen molar-refractivity contribution < 1.29 is 9.32 Å². The van der Waals surface area contributed by atoms with E-state index in [0.29, 0.717) is 17.5 Å². The zero-order valence-electron chi connectivity index (χ0n) is 10.2. The van der Waals surface area contributed by atoms with Gasteiger partial charge in [-0.05, 0) is 0 Å². The SMILES string of the molecule is CC(C)(C)SCc1noc(C2CSCC2=O)n1. The van der Waals surface area contributed by atoms with Gasteiger partial charge in [0, 0.05) is 10.5 Å². The normalized spacial score (nSPS) is 21.1. The van der Waals surface area contributed by atoms with E-state index in [-0.39, 0.29) is 16.4 Å². The Kier molecular flexibility index (Phi) is 3.82. The van der Waals surface area contributed by atoms with Crippen LogP contribution in [0.2, 0.25) is 0 Å². The first-order valence-corrected chi connectivity index (χ1v) is 7.66. The Bertz CT molecular complexity index is 412. The molecule has 2 heterocycles. The number of hydrogen-bond donors (Lipinski definition) is 0. The fraction of sp³-hybridized carbons (Fsp3) is 0.727. The first-order valence-electron chi connectivity index (χ1n) is 5.52. The molecule has 0 amide bonds. The lowest BCUT2D eigenvalue weighted by Crippen LogP contribution is -2.10. The van der Waals surface area contributed by atoms with Gasteiger partial charge in [0.2, 0.25) is 5.89 Å². The fourth-order valence-corrected chi connectivity index (χ4v) is 3.19. The van der Waals surface area contributed by atoms with Gasteiger partial charge in [-0.25, -0.2) is 0 Å². The van der Waals surface area contributed by atoms with Crippen LogP contribution in [0.15, 0.2) is 4.52 Å². The zero-order valence-corrected chi connectivity index (χ0v) is 11.9. The fourth-order valence-electron chi connectivity index (χ4n) is 1.43. The molecular formula is C11H16N2O2S2. The maximum absolute atomic E-state index is 11.5. The van der Waals surface area contributed by atoms with Crippen LogP contribution in [0.4, 0.5) is 0 Å². The van der Waals surface area contributed by atoms with Gasteiger partial charge in [-0.15, -0.1) is 11.8 Å². The molecule has 1 atom stereocenters. The first-order chi connectivity index (χ1) is 7.96. The zero-order chi connectivity index (χ0) is 12.5. The third-order valence-corrected chi connectivity index (χ3v) is 4.66. The summed E-state index contributed by atoms with van der Waals surface area (Å²) in [4.78, 5) is 15.9. The van der Waals surface area contributed by atoms with Crippen LogP contribution in [0.5, 0.6) is 0 Å². The Labute approximate surface area is 109 Å². The van der Waals surface area contributed by atoms with E-state index in [4.69, 9.17) is 4.52 Å². The molecule has 6 heteroatoms. The Morgan fingerprint density at radius 3 is 2.88 bits per heavy atom. The summed E-state index contributed by atoms with van der Waals surface area (Å²) < 4.78 is 5.36. The minimum atomic E-state index is -0.180. The second kappa shape index (κ2) is 5.02. The van der Waals surface area contributed by atoms with Gasteiger partial charge >= 0.3 is 0 Å². The Balaban J connectivity index is 1.98. The second-order valence-corrected chi connectivity index (χ2v) is 7.82. The molecule has 17 heavy (non-hydrogen) atoms. The Hall–Kier alpha value is -0.490. The number of thioether (sulfide) groups is 2. The highest BCUT2D eigenvalue weighted by atomic mass is 32.2. The summed E-state index contributed by atoms with van der Waals surface area (Å²) in [6, 6.07) is 0. The van der Waals surface area contributed by atoms with Crippen LogP contribution in [0.25, 0.3) is 0 Å². The lowest BCUT2D eigenvalue weighted by molar-refractivity contribution is -0.117. The van der Waals surface area contributed by atoms with Gasteiger partial charge in [0.1, 0.15) is 5.92 Å². The van der Waals surface area contributed by atoms with Crippen LogP contribution in [0, 0.1) is 0 Å².